The van der Waals surface area contributed by atoms with Crippen LogP contribution >= 0.6 is 11.6 Å². The second-order valence-electron chi connectivity index (χ2n) is 7.59. The van der Waals surface area contributed by atoms with Crippen LogP contribution in [-0.4, -0.2) is 18.9 Å². The minimum atomic E-state index is 0.0989. The van der Waals surface area contributed by atoms with Crippen LogP contribution < -0.4 is 14.8 Å². The second kappa shape index (κ2) is 7.13. The zero-order chi connectivity index (χ0) is 18.1. The molecule has 0 amide bonds. The predicted octanol–water partition coefficient (Wildman–Crippen LogP) is 5.10. The van der Waals surface area contributed by atoms with Gasteiger partial charge in [-0.3, -0.25) is 0 Å². The zero-order valence-corrected chi connectivity index (χ0v) is 16.2. The van der Waals surface area contributed by atoms with Crippen LogP contribution in [0.25, 0.3) is 0 Å². The third-order valence-electron chi connectivity index (χ3n) is 6.02. The van der Waals surface area contributed by atoms with Crippen molar-refractivity contribution in [3.63, 3.8) is 0 Å². The van der Waals surface area contributed by atoms with Crippen molar-refractivity contribution in [2.24, 2.45) is 0 Å². The third-order valence-corrected chi connectivity index (χ3v) is 6.27. The molecule has 138 valence electrons. The Hall–Kier alpha value is -1.71. The lowest BCUT2D eigenvalue weighted by molar-refractivity contribution is 0.141. The SMILES string of the molecule is CCC(C)NC1CCC1(Cc1ccc2c(c1)OCO2)c1ccc(Cl)cc1. The van der Waals surface area contributed by atoms with Crippen LogP contribution in [0.3, 0.4) is 0 Å². The molecule has 4 heteroatoms. The average molecular weight is 372 g/mol. The van der Waals surface area contributed by atoms with Crippen molar-refractivity contribution in [1.29, 1.82) is 0 Å². The quantitative estimate of drug-likeness (QED) is 0.766. The summed E-state index contributed by atoms with van der Waals surface area (Å²) in [6.07, 6.45) is 4.51. The smallest absolute Gasteiger partial charge is 0.231 e. The van der Waals surface area contributed by atoms with Gasteiger partial charge in [-0.1, -0.05) is 36.7 Å². The molecule has 2 aromatic rings. The first-order valence-electron chi connectivity index (χ1n) is 9.51. The third kappa shape index (κ3) is 3.19. The fraction of sp³-hybridized carbons (Fsp3) is 0.455. The summed E-state index contributed by atoms with van der Waals surface area (Å²) in [5.41, 5.74) is 2.76. The number of fused-ring (bicyclic) bond motifs is 1. The summed E-state index contributed by atoms with van der Waals surface area (Å²) in [6.45, 7) is 4.82. The number of hydrogen-bond acceptors (Lipinski definition) is 3. The minimum absolute atomic E-state index is 0.0989. The molecule has 1 fully saturated rings. The van der Waals surface area contributed by atoms with Crippen molar-refractivity contribution >= 4 is 11.6 Å². The molecule has 1 aliphatic carbocycles. The van der Waals surface area contributed by atoms with Crippen LogP contribution in [0.15, 0.2) is 42.5 Å². The van der Waals surface area contributed by atoms with Gasteiger partial charge in [0.2, 0.25) is 6.79 Å². The lowest BCUT2D eigenvalue weighted by Crippen LogP contribution is -2.59. The first-order chi connectivity index (χ1) is 12.6. The summed E-state index contributed by atoms with van der Waals surface area (Å²) in [6, 6.07) is 15.7. The molecule has 3 unspecified atom stereocenters. The van der Waals surface area contributed by atoms with E-state index in [1.54, 1.807) is 0 Å². The highest BCUT2D eigenvalue weighted by molar-refractivity contribution is 6.30. The fourth-order valence-electron chi connectivity index (χ4n) is 4.20. The van der Waals surface area contributed by atoms with E-state index in [1.165, 1.54) is 24.0 Å². The lowest BCUT2D eigenvalue weighted by Gasteiger charge is -2.52. The molecule has 2 aliphatic rings. The van der Waals surface area contributed by atoms with Gasteiger partial charge in [0.1, 0.15) is 0 Å². The maximum atomic E-state index is 6.14. The van der Waals surface area contributed by atoms with Gasteiger partial charge in [-0.15, -0.1) is 0 Å². The van der Waals surface area contributed by atoms with Crippen molar-refractivity contribution in [3.05, 3.63) is 58.6 Å². The van der Waals surface area contributed by atoms with Gasteiger partial charge in [0.25, 0.3) is 0 Å². The number of hydrogen-bond donors (Lipinski definition) is 1. The molecule has 3 atom stereocenters. The summed E-state index contributed by atoms with van der Waals surface area (Å²) in [4.78, 5) is 0. The number of rotatable bonds is 6. The van der Waals surface area contributed by atoms with Crippen LogP contribution in [0.1, 0.15) is 44.2 Å². The molecule has 0 radical (unpaired) electrons. The van der Waals surface area contributed by atoms with Gasteiger partial charge in [-0.25, -0.2) is 0 Å². The summed E-state index contributed by atoms with van der Waals surface area (Å²) in [5.74, 6) is 1.71. The molecule has 0 bridgehead atoms. The van der Waals surface area contributed by atoms with E-state index in [1.807, 2.05) is 18.2 Å². The largest absolute Gasteiger partial charge is 0.454 e. The van der Waals surface area contributed by atoms with Gasteiger partial charge in [-0.2, -0.15) is 0 Å². The molecule has 1 heterocycles. The van der Waals surface area contributed by atoms with Crippen molar-refractivity contribution in [3.8, 4) is 11.5 Å². The van der Waals surface area contributed by atoms with Gasteiger partial charge in [0, 0.05) is 22.5 Å². The molecule has 0 saturated heterocycles. The second-order valence-corrected chi connectivity index (χ2v) is 8.03. The number of nitrogens with one attached hydrogen (secondary N) is 1. The minimum Gasteiger partial charge on any atom is -0.454 e. The van der Waals surface area contributed by atoms with Crippen molar-refractivity contribution in [2.75, 3.05) is 6.79 Å². The van der Waals surface area contributed by atoms with Gasteiger partial charge < -0.3 is 14.8 Å². The van der Waals surface area contributed by atoms with E-state index < -0.39 is 0 Å². The molecule has 1 aliphatic heterocycles. The van der Waals surface area contributed by atoms with Gasteiger partial charge in [0.15, 0.2) is 11.5 Å². The average Bonchev–Trinajstić information content (AvgIpc) is 3.11. The number of benzene rings is 2. The predicted molar refractivity (Wildman–Crippen MR) is 105 cm³/mol. The fourth-order valence-corrected chi connectivity index (χ4v) is 4.32. The molecule has 0 spiro atoms. The zero-order valence-electron chi connectivity index (χ0n) is 15.4. The van der Waals surface area contributed by atoms with Gasteiger partial charge >= 0.3 is 0 Å². The normalized spacial score (nSPS) is 25.0. The van der Waals surface area contributed by atoms with E-state index in [0.29, 0.717) is 18.9 Å². The molecule has 2 aromatic carbocycles. The van der Waals surface area contributed by atoms with Crippen LogP contribution in [0.4, 0.5) is 0 Å². The van der Waals surface area contributed by atoms with Crippen LogP contribution in [0.2, 0.25) is 5.02 Å². The van der Waals surface area contributed by atoms with E-state index in [2.05, 4.69) is 43.4 Å². The number of halogens is 1. The van der Waals surface area contributed by atoms with Crippen LogP contribution in [0, 0.1) is 0 Å². The molecule has 1 saturated carbocycles. The highest BCUT2D eigenvalue weighted by Gasteiger charge is 2.48. The number of ether oxygens (including phenoxy) is 2. The topological polar surface area (TPSA) is 30.5 Å². The summed E-state index contributed by atoms with van der Waals surface area (Å²) < 4.78 is 11.0. The van der Waals surface area contributed by atoms with Crippen molar-refractivity contribution in [1.82, 2.24) is 5.32 Å². The van der Waals surface area contributed by atoms with Crippen LogP contribution in [-0.2, 0) is 11.8 Å². The first-order valence-corrected chi connectivity index (χ1v) is 9.89. The Kier molecular flexibility index (Phi) is 4.85. The molecule has 1 N–H and O–H groups in total. The standard InChI is InChI=1S/C22H26ClNO2/c1-3-15(2)24-21-10-11-22(21,17-5-7-18(23)8-6-17)13-16-4-9-19-20(12-16)26-14-25-19/h4-9,12,15,21,24H,3,10-11,13-14H2,1-2H3. The van der Waals surface area contributed by atoms with E-state index in [0.717, 1.165) is 29.4 Å². The maximum Gasteiger partial charge on any atom is 0.231 e. The van der Waals surface area contributed by atoms with Crippen molar-refractivity contribution < 1.29 is 9.47 Å². The molecule has 0 aromatic heterocycles. The highest BCUT2D eigenvalue weighted by Crippen LogP contribution is 2.48. The Morgan fingerprint density at radius 1 is 1.15 bits per heavy atom. The monoisotopic (exact) mass is 371 g/mol. The molecular formula is C22H26ClNO2. The summed E-state index contributed by atoms with van der Waals surface area (Å²) >= 11 is 6.14. The van der Waals surface area contributed by atoms with Gasteiger partial charge in [-0.05, 0) is 68.0 Å². The van der Waals surface area contributed by atoms with E-state index in [4.69, 9.17) is 21.1 Å². The maximum absolute atomic E-state index is 6.14. The summed E-state index contributed by atoms with van der Waals surface area (Å²) in [5, 5.41) is 4.64. The Morgan fingerprint density at radius 2 is 1.92 bits per heavy atom. The Balaban J connectivity index is 1.65. The molecule has 3 nitrogen and oxygen atoms in total. The van der Waals surface area contributed by atoms with E-state index >= 15 is 0 Å². The van der Waals surface area contributed by atoms with Crippen LogP contribution in [0.5, 0.6) is 11.5 Å². The van der Waals surface area contributed by atoms with E-state index in [-0.39, 0.29) is 5.41 Å². The molecule has 4 rings (SSSR count). The van der Waals surface area contributed by atoms with Gasteiger partial charge in [0.05, 0.1) is 0 Å². The molecule has 26 heavy (non-hydrogen) atoms. The lowest BCUT2D eigenvalue weighted by atomic mass is 9.57. The van der Waals surface area contributed by atoms with Crippen molar-refractivity contribution in [2.45, 2.75) is 57.0 Å². The summed E-state index contributed by atoms with van der Waals surface area (Å²) in [7, 11) is 0. The Morgan fingerprint density at radius 3 is 2.62 bits per heavy atom. The Bertz CT molecular complexity index is 776. The Labute approximate surface area is 160 Å². The molecular weight excluding hydrogens is 346 g/mol. The highest BCUT2D eigenvalue weighted by atomic mass is 35.5. The van der Waals surface area contributed by atoms with E-state index in [9.17, 15) is 0 Å². The first kappa shape index (κ1) is 17.7.